The maximum Gasteiger partial charge on any atom is 0.0223 e. The van der Waals surface area contributed by atoms with Crippen LogP contribution in [0.1, 0.15) is 56.5 Å². The van der Waals surface area contributed by atoms with Gasteiger partial charge in [0.2, 0.25) is 0 Å². The molecule has 19 heavy (non-hydrogen) atoms. The molecule has 1 aliphatic carbocycles. The lowest BCUT2D eigenvalue weighted by molar-refractivity contribution is 0.281. The molecule has 0 saturated heterocycles. The van der Waals surface area contributed by atoms with E-state index < -0.39 is 0 Å². The summed E-state index contributed by atoms with van der Waals surface area (Å²) in [6, 6.07) is 2.34. The quantitative estimate of drug-likeness (QED) is 0.847. The van der Waals surface area contributed by atoms with Gasteiger partial charge < -0.3 is 9.88 Å². The van der Waals surface area contributed by atoms with E-state index in [9.17, 15) is 0 Å². The van der Waals surface area contributed by atoms with Gasteiger partial charge in [-0.15, -0.1) is 0 Å². The number of aromatic nitrogens is 1. The highest BCUT2D eigenvalue weighted by Crippen LogP contribution is 2.27. The average Bonchev–Trinajstić information content (AvgIpc) is 2.66. The standard InChI is InChI=1S/C17H30N2/c1-5-19-14(3)10-17(15(19)4)12-18-11-16-8-6-13(2)7-9-16/h10,13,16,18H,5-9,11-12H2,1-4H3. The molecule has 0 spiro atoms. The van der Waals surface area contributed by atoms with Crippen LogP contribution in [-0.4, -0.2) is 11.1 Å². The fourth-order valence-corrected chi connectivity index (χ4v) is 3.48. The molecular weight excluding hydrogens is 232 g/mol. The number of hydrogen-bond acceptors (Lipinski definition) is 1. The van der Waals surface area contributed by atoms with E-state index in [2.05, 4.69) is 43.6 Å². The largest absolute Gasteiger partial charge is 0.349 e. The summed E-state index contributed by atoms with van der Waals surface area (Å²) in [4.78, 5) is 0. The van der Waals surface area contributed by atoms with Crippen LogP contribution in [0.15, 0.2) is 6.07 Å². The van der Waals surface area contributed by atoms with Crippen molar-refractivity contribution in [3.63, 3.8) is 0 Å². The van der Waals surface area contributed by atoms with Crippen LogP contribution in [0.2, 0.25) is 0 Å². The first-order valence-electron chi connectivity index (χ1n) is 7.98. The Morgan fingerprint density at radius 2 is 1.89 bits per heavy atom. The van der Waals surface area contributed by atoms with Crippen molar-refractivity contribution in [3.8, 4) is 0 Å². The van der Waals surface area contributed by atoms with Gasteiger partial charge in [0.05, 0.1) is 0 Å². The van der Waals surface area contributed by atoms with Gasteiger partial charge >= 0.3 is 0 Å². The van der Waals surface area contributed by atoms with Gasteiger partial charge in [-0.3, -0.25) is 0 Å². The lowest BCUT2D eigenvalue weighted by Crippen LogP contribution is -2.25. The Balaban J connectivity index is 1.79. The van der Waals surface area contributed by atoms with Gasteiger partial charge in [0.15, 0.2) is 0 Å². The average molecular weight is 262 g/mol. The highest BCUT2D eigenvalue weighted by atomic mass is 15.0. The predicted octanol–water partition coefficient (Wildman–Crippen LogP) is 4.04. The fourth-order valence-electron chi connectivity index (χ4n) is 3.48. The molecular formula is C17H30N2. The Bertz CT molecular complexity index is 398. The van der Waals surface area contributed by atoms with Crippen molar-refractivity contribution < 1.29 is 0 Å². The summed E-state index contributed by atoms with van der Waals surface area (Å²) in [5, 5.41) is 3.68. The van der Waals surface area contributed by atoms with Gasteiger partial charge in [-0.2, -0.15) is 0 Å². The van der Waals surface area contributed by atoms with Crippen molar-refractivity contribution in [2.24, 2.45) is 11.8 Å². The topological polar surface area (TPSA) is 17.0 Å². The fraction of sp³-hybridized carbons (Fsp3) is 0.765. The Morgan fingerprint density at radius 1 is 1.21 bits per heavy atom. The summed E-state index contributed by atoms with van der Waals surface area (Å²) in [5.41, 5.74) is 4.30. The van der Waals surface area contributed by atoms with Crippen LogP contribution in [0.5, 0.6) is 0 Å². The molecule has 0 radical (unpaired) electrons. The smallest absolute Gasteiger partial charge is 0.0223 e. The van der Waals surface area contributed by atoms with Gasteiger partial charge in [0.25, 0.3) is 0 Å². The summed E-state index contributed by atoms with van der Waals surface area (Å²) < 4.78 is 2.40. The molecule has 0 unspecified atom stereocenters. The minimum absolute atomic E-state index is 0.908. The SMILES string of the molecule is CCn1c(C)cc(CNCC2CCC(C)CC2)c1C. The van der Waals surface area contributed by atoms with E-state index in [0.717, 1.165) is 24.9 Å². The summed E-state index contributed by atoms with van der Waals surface area (Å²) in [6.07, 6.45) is 5.69. The monoisotopic (exact) mass is 262 g/mol. The van der Waals surface area contributed by atoms with E-state index in [0.29, 0.717) is 0 Å². The van der Waals surface area contributed by atoms with Gasteiger partial charge in [-0.1, -0.05) is 19.8 Å². The zero-order valence-corrected chi connectivity index (χ0v) is 13.1. The Kier molecular flexibility index (Phi) is 5.09. The number of hydrogen-bond donors (Lipinski definition) is 1. The van der Waals surface area contributed by atoms with E-state index in [-0.39, 0.29) is 0 Å². The highest BCUT2D eigenvalue weighted by molar-refractivity contribution is 5.26. The maximum atomic E-state index is 3.68. The summed E-state index contributed by atoms with van der Waals surface area (Å²) in [7, 11) is 0. The van der Waals surface area contributed by atoms with Crippen LogP contribution in [0.4, 0.5) is 0 Å². The van der Waals surface area contributed by atoms with Gasteiger partial charge in [-0.05, 0) is 63.6 Å². The maximum absolute atomic E-state index is 3.68. The third-order valence-corrected chi connectivity index (χ3v) is 4.88. The second-order valence-corrected chi connectivity index (χ2v) is 6.40. The first-order chi connectivity index (χ1) is 9.11. The second-order valence-electron chi connectivity index (χ2n) is 6.40. The Morgan fingerprint density at radius 3 is 2.47 bits per heavy atom. The molecule has 108 valence electrons. The lowest BCUT2D eigenvalue weighted by atomic mass is 9.83. The zero-order chi connectivity index (χ0) is 13.8. The Labute approximate surface area is 118 Å². The molecule has 1 N–H and O–H groups in total. The van der Waals surface area contributed by atoms with Crippen molar-refractivity contribution in [2.45, 2.75) is 66.5 Å². The van der Waals surface area contributed by atoms with E-state index >= 15 is 0 Å². The second kappa shape index (κ2) is 6.60. The highest BCUT2D eigenvalue weighted by Gasteiger charge is 2.17. The third kappa shape index (κ3) is 3.62. The molecule has 1 fully saturated rings. The predicted molar refractivity (Wildman–Crippen MR) is 82.4 cm³/mol. The molecule has 1 saturated carbocycles. The summed E-state index contributed by atoms with van der Waals surface area (Å²) in [5.74, 6) is 1.87. The van der Waals surface area contributed by atoms with Gasteiger partial charge in [0, 0.05) is 24.5 Å². The van der Waals surface area contributed by atoms with Crippen molar-refractivity contribution >= 4 is 0 Å². The summed E-state index contributed by atoms with van der Waals surface area (Å²) >= 11 is 0. The van der Waals surface area contributed by atoms with Crippen LogP contribution in [0.3, 0.4) is 0 Å². The summed E-state index contributed by atoms with van der Waals surface area (Å²) in [6.45, 7) is 12.4. The molecule has 0 atom stereocenters. The lowest BCUT2D eigenvalue weighted by Gasteiger charge is -2.26. The van der Waals surface area contributed by atoms with Crippen molar-refractivity contribution in [3.05, 3.63) is 23.0 Å². The van der Waals surface area contributed by atoms with E-state index in [1.807, 2.05) is 0 Å². The van der Waals surface area contributed by atoms with Gasteiger partial charge in [-0.25, -0.2) is 0 Å². The minimum Gasteiger partial charge on any atom is -0.349 e. The van der Waals surface area contributed by atoms with Crippen LogP contribution < -0.4 is 5.32 Å². The minimum atomic E-state index is 0.908. The first kappa shape index (κ1) is 14.6. The molecule has 2 rings (SSSR count). The first-order valence-corrected chi connectivity index (χ1v) is 7.98. The van der Waals surface area contributed by atoms with Crippen molar-refractivity contribution in [1.82, 2.24) is 9.88 Å². The van der Waals surface area contributed by atoms with Crippen LogP contribution in [0, 0.1) is 25.7 Å². The van der Waals surface area contributed by atoms with Gasteiger partial charge in [0.1, 0.15) is 0 Å². The molecule has 0 aliphatic heterocycles. The molecule has 0 aromatic carbocycles. The molecule has 1 aromatic rings. The van der Waals surface area contributed by atoms with E-state index in [4.69, 9.17) is 0 Å². The molecule has 2 heteroatoms. The molecule has 1 heterocycles. The van der Waals surface area contributed by atoms with Crippen LogP contribution >= 0.6 is 0 Å². The van der Waals surface area contributed by atoms with E-state index in [1.54, 1.807) is 0 Å². The molecule has 0 amide bonds. The number of nitrogens with one attached hydrogen (secondary N) is 1. The number of nitrogens with zero attached hydrogens (tertiary/aromatic N) is 1. The molecule has 0 bridgehead atoms. The normalized spacial score (nSPS) is 23.8. The van der Waals surface area contributed by atoms with Crippen LogP contribution in [-0.2, 0) is 13.1 Å². The number of aryl methyl sites for hydroxylation is 1. The molecule has 1 aromatic heterocycles. The Hall–Kier alpha value is -0.760. The van der Waals surface area contributed by atoms with Crippen LogP contribution in [0.25, 0.3) is 0 Å². The van der Waals surface area contributed by atoms with Crippen molar-refractivity contribution in [1.29, 1.82) is 0 Å². The van der Waals surface area contributed by atoms with Crippen molar-refractivity contribution in [2.75, 3.05) is 6.54 Å². The molecule has 1 aliphatic rings. The number of rotatable bonds is 5. The zero-order valence-electron chi connectivity index (χ0n) is 13.1. The third-order valence-electron chi connectivity index (χ3n) is 4.88. The van der Waals surface area contributed by atoms with E-state index in [1.165, 1.54) is 49.2 Å². The molecule has 2 nitrogen and oxygen atoms in total.